The number of carbonyl (C=O) groups is 1. The molecular formula is C30H34F3N5O3. The van der Waals surface area contributed by atoms with Crippen LogP contribution in [0.15, 0.2) is 47.2 Å². The Morgan fingerprint density at radius 1 is 1.07 bits per heavy atom. The summed E-state index contributed by atoms with van der Waals surface area (Å²) < 4.78 is 46.9. The predicted octanol–water partition coefficient (Wildman–Crippen LogP) is 4.64. The van der Waals surface area contributed by atoms with E-state index in [1.165, 1.54) is 12.1 Å². The summed E-state index contributed by atoms with van der Waals surface area (Å²) in [5.74, 6) is 0.955. The molecule has 0 bridgehead atoms. The molecule has 1 aliphatic carbocycles. The number of halogens is 3. The van der Waals surface area contributed by atoms with E-state index in [1.54, 1.807) is 42.4 Å². The first-order valence-corrected chi connectivity index (χ1v) is 14.0. The molecule has 218 valence electrons. The Hall–Kier alpha value is -3.31. The van der Waals surface area contributed by atoms with Gasteiger partial charge < -0.3 is 19.4 Å². The zero-order valence-electron chi connectivity index (χ0n) is 23.4. The maximum Gasteiger partial charge on any atom is 0.398 e. The van der Waals surface area contributed by atoms with Crippen LogP contribution < -0.4 is 0 Å². The van der Waals surface area contributed by atoms with E-state index in [-0.39, 0.29) is 30.2 Å². The van der Waals surface area contributed by atoms with Crippen molar-refractivity contribution in [2.45, 2.75) is 62.6 Å². The Bertz CT molecular complexity index is 1440. The number of piperidine rings is 1. The average Bonchev–Trinajstić information content (AvgIpc) is 3.63. The summed E-state index contributed by atoms with van der Waals surface area (Å²) in [5.41, 5.74) is -2.10. The summed E-state index contributed by atoms with van der Waals surface area (Å²) in [4.78, 5) is 24.6. The van der Waals surface area contributed by atoms with Crippen molar-refractivity contribution in [3.05, 3.63) is 65.3 Å². The summed E-state index contributed by atoms with van der Waals surface area (Å²) in [6.07, 6.45) is 0.522. The van der Waals surface area contributed by atoms with Crippen LogP contribution in [-0.2, 0) is 15.8 Å². The summed E-state index contributed by atoms with van der Waals surface area (Å²) >= 11 is 0. The first kappa shape index (κ1) is 27.8. The fraction of sp³-hybridized carbons (Fsp3) is 0.533. The maximum atomic E-state index is 13.8. The van der Waals surface area contributed by atoms with Gasteiger partial charge in [0.05, 0.1) is 5.41 Å². The summed E-state index contributed by atoms with van der Waals surface area (Å²) in [6, 6.07) is 8.05. The van der Waals surface area contributed by atoms with Gasteiger partial charge in [-0.1, -0.05) is 36.3 Å². The minimum absolute atomic E-state index is 0.0503. The van der Waals surface area contributed by atoms with Crippen molar-refractivity contribution < 1.29 is 27.6 Å². The zero-order valence-corrected chi connectivity index (χ0v) is 23.4. The molecular weight excluding hydrogens is 535 g/mol. The second-order valence-corrected chi connectivity index (χ2v) is 12.3. The van der Waals surface area contributed by atoms with Crippen molar-refractivity contribution in [1.29, 1.82) is 0 Å². The number of carbonyl (C=O) groups excluding carboxylic acids is 1. The Labute approximate surface area is 236 Å². The quantitative estimate of drug-likeness (QED) is 0.462. The molecule has 3 aliphatic rings. The van der Waals surface area contributed by atoms with Crippen LogP contribution in [0, 0.1) is 5.41 Å². The highest BCUT2D eigenvalue weighted by Crippen LogP contribution is 2.59. The van der Waals surface area contributed by atoms with Crippen LogP contribution in [0.25, 0.3) is 11.4 Å². The van der Waals surface area contributed by atoms with Crippen LogP contribution in [0.4, 0.5) is 13.2 Å². The molecule has 0 radical (unpaired) electrons. The van der Waals surface area contributed by atoms with Gasteiger partial charge in [0.25, 0.3) is 0 Å². The Morgan fingerprint density at radius 3 is 2.29 bits per heavy atom. The third kappa shape index (κ3) is 4.53. The molecule has 1 N–H and O–H groups in total. The van der Waals surface area contributed by atoms with E-state index < -0.39 is 22.6 Å². The fourth-order valence-corrected chi connectivity index (χ4v) is 6.85. The number of aromatic nitrogens is 3. The van der Waals surface area contributed by atoms with Crippen LogP contribution in [0.2, 0.25) is 0 Å². The van der Waals surface area contributed by atoms with Crippen LogP contribution in [-0.4, -0.2) is 75.3 Å². The smallest absolute Gasteiger partial charge is 0.380 e. The van der Waals surface area contributed by atoms with E-state index in [0.717, 1.165) is 12.8 Å². The molecule has 4 heterocycles. The van der Waals surface area contributed by atoms with Crippen molar-refractivity contribution in [3.63, 3.8) is 0 Å². The number of benzene rings is 1. The Kier molecular flexibility index (Phi) is 6.53. The summed E-state index contributed by atoms with van der Waals surface area (Å²) in [6.45, 7) is 6.00. The molecule has 1 amide bonds. The van der Waals surface area contributed by atoms with Gasteiger partial charge in [-0.25, -0.2) is 0 Å². The molecule has 1 saturated carbocycles. The largest absolute Gasteiger partial charge is 0.398 e. The lowest BCUT2D eigenvalue weighted by molar-refractivity contribution is -0.160. The molecule has 0 unspecified atom stereocenters. The number of alkyl halides is 3. The molecule has 41 heavy (non-hydrogen) atoms. The van der Waals surface area contributed by atoms with Gasteiger partial charge >= 0.3 is 6.18 Å². The number of likely N-dealkylation sites (tertiary alicyclic amines) is 2. The van der Waals surface area contributed by atoms with Crippen LogP contribution in [0.3, 0.4) is 0 Å². The lowest BCUT2D eigenvalue weighted by atomic mass is 9.62. The topological polar surface area (TPSA) is 95.6 Å². The highest BCUT2D eigenvalue weighted by Gasteiger charge is 2.64. The SMILES string of the molecule is CC(=O)N1CCC(c2nc(-c3cncc([C@@](O)(c4ccc(C5(C(F)(F)F)CC5)cc4)C4(C)CN(C)C4)c3)no2)CC1. The number of nitrogens with zero attached hydrogens (tertiary/aromatic N) is 5. The van der Waals surface area contributed by atoms with Gasteiger partial charge in [-0.3, -0.25) is 9.78 Å². The van der Waals surface area contributed by atoms with E-state index in [4.69, 9.17) is 4.52 Å². The molecule has 11 heteroatoms. The lowest BCUT2D eigenvalue weighted by Gasteiger charge is -2.55. The molecule has 8 nitrogen and oxygen atoms in total. The minimum Gasteiger partial charge on any atom is -0.380 e. The second kappa shape index (κ2) is 9.62. The highest BCUT2D eigenvalue weighted by atomic mass is 19.4. The third-order valence-corrected chi connectivity index (χ3v) is 9.40. The predicted molar refractivity (Wildman–Crippen MR) is 144 cm³/mol. The van der Waals surface area contributed by atoms with Crippen molar-refractivity contribution in [2.75, 3.05) is 33.2 Å². The highest BCUT2D eigenvalue weighted by molar-refractivity contribution is 5.73. The fourth-order valence-electron chi connectivity index (χ4n) is 6.85. The van der Waals surface area contributed by atoms with Crippen molar-refractivity contribution in [1.82, 2.24) is 24.9 Å². The van der Waals surface area contributed by atoms with E-state index in [0.29, 0.717) is 54.6 Å². The standard InChI is InChI=1S/C30H34F3N5O3/c1-19(39)38-12-8-20(9-13-38)26-35-25(36-41-26)21-14-24(16-34-15-21)29(40,27(2)17-37(3)18-27)23-6-4-22(5-7-23)28(10-11-28)30(31,32)33/h4-7,14-16,20,40H,8-13,17-18H2,1-3H3/t29-/m0/s1. The van der Waals surface area contributed by atoms with Gasteiger partial charge in [-0.2, -0.15) is 18.2 Å². The molecule has 3 aromatic rings. The normalized spacial score (nSPS) is 22.2. The van der Waals surface area contributed by atoms with E-state index >= 15 is 0 Å². The van der Waals surface area contributed by atoms with E-state index in [9.17, 15) is 23.1 Å². The Balaban J connectivity index is 1.32. The van der Waals surface area contributed by atoms with Crippen LogP contribution >= 0.6 is 0 Å². The monoisotopic (exact) mass is 569 g/mol. The third-order valence-electron chi connectivity index (χ3n) is 9.40. The van der Waals surface area contributed by atoms with Crippen LogP contribution in [0.5, 0.6) is 0 Å². The maximum absolute atomic E-state index is 13.8. The number of rotatable bonds is 6. The molecule has 1 atom stereocenters. The van der Waals surface area contributed by atoms with Gasteiger partial charge in [0.2, 0.25) is 17.6 Å². The average molecular weight is 570 g/mol. The minimum atomic E-state index is -4.31. The molecule has 1 aromatic carbocycles. The molecule has 6 rings (SSSR count). The van der Waals surface area contributed by atoms with E-state index in [2.05, 4.69) is 20.0 Å². The van der Waals surface area contributed by atoms with Gasteiger partial charge in [0.15, 0.2) is 0 Å². The van der Waals surface area contributed by atoms with Gasteiger partial charge in [0.1, 0.15) is 5.60 Å². The summed E-state index contributed by atoms with van der Waals surface area (Å²) in [7, 11) is 1.96. The van der Waals surface area contributed by atoms with Crippen molar-refractivity contribution >= 4 is 5.91 Å². The first-order chi connectivity index (χ1) is 19.4. The Morgan fingerprint density at radius 2 is 1.73 bits per heavy atom. The molecule has 3 fully saturated rings. The van der Waals surface area contributed by atoms with Gasteiger partial charge in [-0.15, -0.1) is 0 Å². The number of amides is 1. The molecule has 2 aliphatic heterocycles. The number of aliphatic hydroxyl groups is 1. The first-order valence-electron chi connectivity index (χ1n) is 14.0. The number of hydrogen-bond donors (Lipinski definition) is 1. The second-order valence-electron chi connectivity index (χ2n) is 12.3. The molecule has 0 spiro atoms. The summed E-state index contributed by atoms with van der Waals surface area (Å²) in [5, 5.41) is 16.7. The van der Waals surface area contributed by atoms with Crippen molar-refractivity contribution in [3.8, 4) is 11.4 Å². The number of hydrogen-bond acceptors (Lipinski definition) is 7. The molecule has 2 aromatic heterocycles. The lowest BCUT2D eigenvalue weighted by Crippen LogP contribution is -2.63. The molecule has 2 saturated heterocycles. The van der Waals surface area contributed by atoms with Gasteiger partial charge in [-0.05, 0) is 49.9 Å². The zero-order chi connectivity index (χ0) is 29.2. The van der Waals surface area contributed by atoms with Crippen LogP contribution in [0.1, 0.15) is 68.0 Å². The number of pyridine rings is 1. The van der Waals surface area contributed by atoms with Gasteiger partial charge in [0, 0.05) is 68.0 Å². The van der Waals surface area contributed by atoms with E-state index in [1.807, 2.05) is 14.0 Å². The van der Waals surface area contributed by atoms with Crippen molar-refractivity contribution in [2.24, 2.45) is 5.41 Å².